The highest BCUT2D eigenvalue weighted by Crippen LogP contribution is 2.19. The van der Waals surface area contributed by atoms with Crippen LogP contribution >= 0.6 is 12.2 Å². The molecule has 0 saturated carbocycles. The van der Waals surface area contributed by atoms with Crippen molar-refractivity contribution in [2.75, 3.05) is 26.1 Å². The SMILES string of the molecule is COCCCn1c(=S)[nH]c2cc(C(=O)Nc3cc(C(=O)OC)ccc3C)ccc2c1=O. The maximum absolute atomic E-state index is 12.8. The van der Waals surface area contributed by atoms with Crippen LogP contribution in [0, 0.1) is 11.7 Å². The molecule has 0 unspecified atom stereocenters. The van der Waals surface area contributed by atoms with Gasteiger partial charge in [0.05, 0.1) is 23.6 Å². The van der Waals surface area contributed by atoms with Gasteiger partial charge in [-0.25, -0.2) is 4.79 Å². The van der Waals surface area contributed by atoms with E-state index in [2.05, 4.69) is 10.3 Å². The first-order valence-electron chi connectivity index (χ1n) is 9.62. The van der Waals surface area contributed by atoms with Gasteiger partial charge in [-0.1, -0.05) is 6.07 Å². The van der Waals surface area contributed by atoms with Gasteiger partial charge >= 0.3 is 5.97 Å². The number of aryl methyl sites for hydroxylation is 1. The number of H-pyrrole nitrogens is 1. The van der Waals surface area contributed by atoms with Gasteiger partial charge in [-0.2, -0.15) is 0 Å². The summed E-state index contributed by atoms with van der Waals surface area (Å²) in [5.41, 5.74) is 2.22. The monoisotopic (exact) mass is 441 g/mol. The van der Waals surface area contributed by atoms with Crippen molar-refractivity contribution in [2.24, 2.45) is 0 Å². The van der Waals surface area contributed by atoms with Crippen molar-refractivity contribution in [3.63, 3.8) is 0 Å². The fourth-order valence-electron chi connectivity index (χ4n) is 3.16. The summed E-state index contributed by atoms with van der Waals surface area (Å²) in [5, 5.41) is 3.24. The van der Waals surface area contributed by atoms with E-state index in [1.165, 1.54) is 11.7 Å². The minimum atomic E-state index is -0.490. The Balaban J connectivity index is 1.91. The van der Waals surface area contributed by atoms with Crippen LogP contribution in [0.5, 0.6) is 0 Å². The van der Waals surface area contributed by atoms with E-state index in [4.69, 9.17) is 21.7 Å². The van der Waals surface area contributed by atoms with Crippen molar-refractivity contribution in [1.29, 1.82) is 0 Å². The van der Waals surface area contributed by atoms with E-state index >= 15 is 0 Å². The van der Waals surface area contributed by atoms with Gasteiger partial charge < -0.3 is 19.8 Å². The average molecular weight is 442 g/mol. The molecular formula is C22H23N3O5S. The third-order valence-corrected chi connectivity index (χ3v) is 5.20. The Morgan fingerprint density at radius 2 is 1.87 bits per heavy atom. The molecule has 0 radical (unpaired) electrons. The van der Waals surface area contributed by atoms with E-state index in [0.717, 1.165) is 5.56 Å². The van der Waals surface area contributed by atoms with Crippen molar-refractivity contribution < 1.29 is 19.1 Å². The summed E-state index contributed by atoms with van der Waals surface area (Å²) in [6.45, 7) is 2.78. The Bertz CT molecular complexity index is 1260. The number of hydrogen-bond acceptors (Lipinski definition) is 6. The molecule has 0 aliphatic heterocycles. The van der Waals surface area contributed by atoms with Crippen molar-refractivity contribution in [2.45, 2.75) is 19.9 Å². The first kappa shape index (κ1) is 22.4. The van der Waals surface area contributed by atoms with Crippen LogP contribution in [0.3, 0.4) is 0 Å². The highest BCUT2D eigenvalue weighted by Gasteiger charge is 2.13. The van der Waals surface area contributed by atoms with E-state index in [9.17, 15) is 14.4 Å². The molecule has 0 atom stereocenters. The number of esters is 1. The lowest BCUT2D eigenvalue weighted by atomic mass is 10.1. The molecule has 31 heavy (non-hydrogen) atoms. The predicted octanol–water partition coefficient (Wildman–Crippen LogP) is 3.44. The van der Waals surface area contributed by atoms with Gasteiger partial charge in [-0.15, -0.1) is 0 Å². The molecule has 0 saturated heterocycles. The standard InChI is InChI=1S/C22H23N3O5S/c1-13-5-6-15(21(28)30-3)12-17(13)23-19(26)14-7-8-16-18(11-14)24-22(31)25(20(16)27)9-4-10-29-2/h5-8,11-12H,4,9-10H2,1-3H3,(H,23,26)(H,24,31). The molecule has 0 aliphatic rings. The number of anilines is 1. The van der Waals surface area contributed by atoms with E-state index in [1.807, 2.05) is 6.92 Å². The van der Waals surface area contributed by atoms with Crippen LogP contribution in [0.25, 0.3) is 10.9 Å². The molecule has 0 bridgehead atoms. The normalized spacial score (nSPS) is 10.8. The quantitative estimate of drug-likeness (QED) is 0.331. The molecular weight excluding hydrogens is 418 g/mol. The van der Waals surface area contributed by atoms with Crippen LogP contribution in [0.2, 0.25) is 0 Å². The first-order chi connectivity index (χ1) is 14.8. The summed E-state index contributed by atoms with van der Waals surface area (Å²) < 4.78 is 11.5. The van der Waals surface area contributed by atoms with E-state index in [0.29, 0.717) is 47.3 Å². The smallest absolute Gasteiger partial charge is 0.337 e. The second-order valence-corrected chi connectivity index (χ2v) is 7.36. The van der Waals surface area contributed by atoms with Crippen LogP contribution in [0.15, 0.2) is 41.2 Å². The molecule has 162 valence electrons. The Kier molecular flexibility index (Phi) is 6.98. The fourth-order valence-corrected chi connectivity index (χ4v) is 3.45. The van der Waals surface area contributed by atoms with Crippen LogP contribution in [0.4, 0.5) is 5.69 Å². The zero-order valence-corrected chi connectivity index (χ0v) is 18.3. The van der Waals surface area contributed by atoms with Gasteiger partial charge in [0, 0.05) is 31.5 Å². The minimum absolute atomic E-state index is 0.219. The maximum atomic E-state index is 12.8. The molecule has 1 heterocycles. The van der Waals surface area contributed by atoms with Crippen molar-refractivity contribution in [3.05, 3.63) is 68.2 Å². The molecule has 0 fully saturated rings. The molecule has 1 aromatic heterocycles. The number of benzene rings is 2. The molecule has 2 N–H and O–H groups in total. The Labute approximate surface area is 183 Å². The number of nitrogens with zero attached hydrogens (tertiary/aromatic N) is 1. The lowest BCUT2D eigenvalue weighted by Gasteiger charge is -2.11. The van der Waals surface area contributed by atoms with Crippen molar-refractivity contribution >= 4 is 40.7 Å². The largest absolute Gasteiger partial charge is 0.465 e. The minimum Gasteiger partial charge on any atom is -0.465 e. The molecule has 0 aliphatic carbocycles. The Hall–Kier alpha value is -3.30. The lowest BCUT2D eigenvalue weighted by Crippen LogP contribution is -2.23. The number of ether oxygens (including phenoxy) is 2. The van der Waals surface area contributed by atoms with Gasteiger partial charge in [-0.3, -0.25) is 14.2 Å². The van der Waals surface area contributed by atoms with E-state index < -0.39 is 5.97 Å². The summed E-state index contributed by atoms with van der Waals surface area (Å²) in [6.07, 6.45) is 0.657. The topological polar surface area (TPSA) is 102 Å². The molecule has 9 heteroatoms. The van der Waals surface area contributed by atoms with Crippen LogP contribution in [0.1, 0.15) is 32.7 Å². The summed E-state index contributed by atoms with van der Waals surface area (Å²) in [5.74, 6) is -0.869. The van der Waals surface area contributed by atoms with Crippen LogP contribution < -0.4 is 10.9 Å². The predicted molar refractivity (Wildman–Crippen MR) is 120 cm³/mol. The van der Waals surface area contributed by atoms with Crippen LogP contribution in [-0.2, 0) is 16.0 Å². The molecule has 3 aromatic rings. The van der Waals surface area contributed by atoms with Gasteiger partial charge in [-0.05, 0) is 61.5 Å². The van der Waals surface area contributed by atoms with Gasteiger partial charge in [0.1, 0.15) is 0 Å². The second kappa shape index (κ2) is 9.67. The van der Waals surface area contributed by atoms with Gasteiger partial charge in [0.2, 0.25) is 0 Å². The molecule has 3 rings (SSSR count). The number of hydrogen-bond donors (Lipinski definition) is 2. The van der Waals surface area contributed by atoms with E-state index in [1.54, 1.807) is 43.5 Å². The summed E-state index contributed by atoms with van der Waals surface area (Å²) in [6, 6.07) is 9.68. The van der Waals surface area contributed by atoms with Gasteiger partial charge in [0.15, 0.2) is 4.77 Å². The number of carbonyl (C=O) groups is 2. The summed E-state index contributed by atoms with van der Waals surface area (Å²) in [4.78, 5) is 40.4. The number of nitrogens with one attached hydrogen (secondary N) is 2. The third kappa shape index (κ3) is 4.89. The maximum Gasteiger partial charge on any atom is 0.337 e. The van der Waals surface area contributed by atoms with Crippen molar-refractivity contribution in [1.82, 2.24) is 9.55 Å². The molecule has 1 amide bonds. The lowest BCUT2D eigenvalue weighted by molar-refractivity contribution is 0.0600. The average Bonchev–Trinajstić information content (AvgIpc) is 2.76. The van der Waals surface area contributed by atoms with E-state index in [-0.39, 0.29) is 16.2 Å². The zero-order chi connectivity index (χ0) is 22.5. The highest BCUT2D eigenvalue weighted by molar-refractivity contribution is 7.71. The first-order valence-corrected chi connectivity index (χ1v) is 10.0. The number of aromatic amines is 1. The molecule has 0 spiro atoms. The zero-order valence-electron chi connectivity index (χ0n) is 17.5. The number of methoxy groups -OCH3 is 2. The van der Waals surface area contributed by atoms with Crippen molar-refractivity contribution in [3.8, 4) is 0 Å². The Morgan fingerprint density at radius 1 is 1.13 bits per heavy atom. The third-order valence-electron chi connectivity index (χ3n) is 4.88. The number of carbonyl (C=O) groups excluding carboxylic acids is 2. The highest BCUT2D eigenvalue weighted by atomic mass is 32.1. The fraction of sp³-hybridized carbons (Fsp3) is 0.273. The molecule has 8 nitrogen and oxygen atoms in total. The summed E-state index contributed by atoms with van der Waals surface area (Å²) >= 11 is 5.32. The molecule has 2 aromatic carbocycles. The number of fused-ring (bicyclic) bond motifs is 1. The number of rotatable bonds is 7. The number of amides is 1. The number of aromatic nitrogens is 2. The van der Waals surface area contributed by atoms with Gasteiger partial charge in [0.25, 0.3) is 11.5 Å². The Morgan fingerprint density at radius 3 is 2.58 bits per heavy atom. The van der Waals surface area contributed by atoms with Crippen LogP contribution in [-0.4, -0.2) is 42.3 Å². The summed E-state index contributed by atoms with van der Waals surface area (Å²) in [7, 11) is 2.90. The second-order valence-electron chi connectivity index (χ2n) is 6.97.